The van der Waals surface area contributed by atoms with Gasteiger partial charge in [-0.2, -0.15) is 4.31 Å². The predicted molar refractivity (Wildman–Crippen MR) is 114 cm³/mol. The minimum atomic E-state index is -3.54. The van der Waals surface area contributed by atoms with E-state index in [-0.39, 0.29) is 6.79 Å². The van der Waals surface area contributed by atoms with Gasteiger partial charge >= 0.3 is 0 Å². The Morgan fingerprint density at radius 1 is 0.967 bits per heavy atom. The first-order chi connectivity index (χ1) is 14.4. The quantitative estimate of drug-likeness (QED) is 0.699. The number of hydrogen-bond acceptors (Lipinski definition) is 6. The van der Waals surface area contributed by atoms with Gasteiger partial charge in [0.15, 0.2) is 11.5 Å². The van der Waals surface area contributed by atoms with Gasteiger partial charge in [0.2, 0.25) is 16.8 Å². The van der Waals surface area contributed by atoms with Crippen LogP contribution in [0.15, 0.2) is 35.2 Å². The second-order valence-corrected chi connectivity index (χ2v) is 9.52. The maximum atomic E-state index is 13.3. The van der Waals surface area contributed by atoms with E-state index in [9.17, 15) is 8.42 Å². The van der Waals surface area contributed by atoms with Crippen molar-refractivity contribution in [2.75, 3.05) is 39.6 Å². The third-order valence-corrected chi connectivity index (χ3v) is 7.82. The molecule has 0 unspecified atom stereocenters. The molecule has 1 fully saturated rings. The summed E-state index contributed by atoms with van der Waals surface area (Å²) < 4.78 is 44.5. The molecule has 0 N–H and O–H groups in total. The zero-order chi connectivity index (χ0) is 21.3. The number of fused-ring (bicyclic) bond motifs is 1. The van der Waals surface area contributed by atoms with E-state index < -0.39 is 10.0 Å². The third kappa shape index (κ3) is 3.99. The van der Waals surface area contributed by atoms with Crippen LogP contribution in [-0.2, 0) is 16.6 Å². The molecule has 30 heavy (non-hydrogen) atoms. The molecule has 2 aromatic rings. The Kier molecular flexibility index (Phi) is 5.90. The lowest BCUT2D eigenvalue weighted by atomic mass is 10.1. The highest BCUT2D eigenvalue weighted by Crippen LogP contribution is 2.33. The van der Waals surface area contributed by atoms with Crippen LogP contribution in [0.2, 0.25) is 0 Å². The van der Waals surface area contributed by atoms with Crippen molar-refractivity contribution in [3.8, 4) is 17.2 Å². The Balaban J connectivity index is 1.42. The largest absolute Gasteiger partial charge is 0.494 e. The summed E-state index contributed by atoms with van der Waals surface area (Å²) >= 11 is 0. The minimum Gasteiger partial charge on any atom is -0.494 e. The number of ether oxygens (including phenoxy) is 3. The summed E-state index contributed by atoms with van der Waals surface area (Å²) in [5.74, 6) is 2.29. The highest BCUT2D eigenvalue weighted by molar-refractivity contribution is 7.89. The van der Waals surface area contributed by atoms with Crippen LogP contribution in [-0.4, -0.2) is 57.2 Å². The first-order valence-corrected chi connectivity index (χ1v) is 11.7. The SMILES string of the molecule is CCOc1ccc(S(=O)(=O)N2CCN(Cc3ccc4c(c3)OCO4)CC2)c(C)c1C. The smallest absolute Gasteiger partial charge is 0.243 e. The molecule has 0 saturated carbocycles. The molecule has 2 aliphatic heterocycles. The second-order valence-electron chi connectivity index (χ2n) is 7.61. The van der Waals surface area contributed by atoms with Gasteiger partial charge in [-0.1, -0.05) is 6.07 Å². The second kappa shape index (κ2) is 8.45. The van der Waals surface area contributed by atoms with Crippen LogP contribution in [0.3, 0.4) is 0 Å². The standard InChI is InChI=1S/C22H28N2O5S/c1-4-27-19-7-8-22(17(3)16(19)2)30(25,26)24-11-9-23(10-12-24)14-18-5-6-20-21(13-18)29-15-28-20/h5-8,13H,4,9-12,14-15H2,1-3H3. The first-order valence-electron chi connectivity index (χ1n) is 10.2. The van der Waals surface area contributed by atoms with E-state index in [0.29, 0.717) is 37.7 Å². The molecule has 0 atom stereocenters. The summed E-state index contributed by atoms with van der Waals surface area (Å²) in [5.41, 5.74) is 2.76. The van der Waals surface area contributed by atoms with Gasteiger partial charge in [-0.05, 0) is 61.7 Å². The van der Waals surface area contributed by atoms with E-state index in [4.69, 9.17) is 14.2 Å². The fourth-order valence-electron chi connectivity index (χ4n) is 3.93. The molecule has 0 aliphatic carbocycles. The summed E-state index contributed by atoms with van der Waals surface area (Å²) in [5, 5.41) is 0. The van der Waals surface area contributed by atoms with Gasteiger partial charge in [0.05, 0.1) is 11.5 Å². The van der Waals surface area contributed by atoms with Crippen molar-refractivity contribution < 1.29 is 22.6 Å². The predicted octanol–water partition coefficient (Wildman–Crippen LogP) is 2.94. The van der Waals surface area contributed by atoms with Crippen molar-refractivity contribution in [3.05, 3.63) is 47.0 Å². The number of rotatable bonds is 6. The van der Waals surface area contributed by atoms with Crippen molar-refractivity contribution in [1.29, 1.82) is 0 Å². The lowest BCUT2D eigenvalue weighted by Crippen LogP contribution is -2.48. The van der Waals surface area contributed by atoms with E-state index in [1.54, 1.807) is 16.4 Å². The molecule has 0 spiro atoms. The fraction of sp³-hybridized carbons (Fsp3) is 0.455. The molecule has 2 heterocycles. The van der Waals surface area contributed by atoms with E-state index in [1.165, 1.54) is 0 Å². The lowest BCUT2D eigenvalue weighted by molar-refractivity contribution is 0.173. The fourth-order valence-corrected chi connectivity index (χ4v) is 5.63. The van der Waals surface area contributed by atoms with E-state index in [2.05, 4.69) is 4.90 Å². The van der Waals surface area contributed by atoms with Crippen molar-refractivity contribution >= 4 is 10.0 Å². The van der Waals surface area contributed by atoms with Gasteiger partial charge in [0, 0.05) is 32.7 Å². The Morgan fingerprint density at radius 3 is 2.43 bits per heavy atom. The number of benzene rings is 2. The average molecular weight is 433 g/mol. The zero-order valence-corrected chi connectivity index (χ0v) is 18.5. The lowest BCUT2D eigenvalue weighted by Gasteiger charge is -2.34. The first kappa shape index (κ1) is 21.0. The van der Waals surface area contributed by atoms with Crippen LogP contribution >= 0.6 is 0 Å². The highest BCUT2D eigenvalue weighted by Gasteiger charge is 2.30. The zero-order valence-electron chi connectivity index (χ0n) is 17.7. The van der Waals surface area contributed by atoms with Crippen LogP contribution in [0.1, 0.15) is 23.6 Å². The molecule has 162 valence electrons. The highest BCUT2D eigenvalue weighted by atomic mass is 32.2. The van der Waals surface area contributed by atoms with Gasteiger partial charge in [0.1, 0.15) is 5.75 Å². The molecule has 7 nitrogen and oxygen atoms in total. The maximum absolute atomic E-state index is 13.3. The van der Waals surface area contributed by atoms with Gasteiger partial charge in [-0.15, -0.1) is 0 Å². The summed E-state index contributed by atoms with van der Waals surface area (Å²) in [6.07, 6.45) is 0. The number of nitrogens with zero attached hydrogens (tertiary/aromatic N) is 2. The molecule has 2 aliphatic rings. The van der Waals surface area contributed by atoms with Gasteiger partial charge in [-0.25, -0.2) is 8.42 Å². The van der Waals surface area contributed by atoms with Gasteiger partial charge in [-0.3, -0.25) is 4.90 Å². The molecule has 4 rings (SSSR count). The Morgan fingerprint density at radius 2 is 1.70 bits per heavy atom. The van der Waals surface area contributed by atoms with Crippen molar-refractivity contribution in [2.45, 2.75) is 32.2 Å². The van der Waals surface area contributed by atoms with Gasteiger partial charge < -0.3 is 14.2 Å². The van der Waals surface area contributed by atoms with E-state index in [1.807, 2.05) is 39.0 Å². The molecule has 8 heteroatoms. The summed E-state index contributed by atoms with van der Waals surface area (Å²) in [6, 6.07) is 9.38. The van der Waals surface area contributed by atoms with Crippen LogP contribution in [0, 0.1) is 13.8 Å². The Bertz CT molecular complexity index is 1030. The van der Waals surface area contributed by atoms with Crippen LogP contribution in [0.5, 0.6) is 17.2 Å². The molecule has 0 radical (unpaired) electrons. The van der Waals surface area contributed by atoms with E-state index in [0.717, 1.165) is 40.5 Å². The molecular weight excluding hydrogens is 404 g/mol. The summed E-state index contributed by atoms with van der Waals surface area (Å²) in [7, 11) is -3.54. The molecule has 0 amide bonds. The van der Waals surface area contributed by atoms with Crippen molar-refractivity contribution in [3.63, 3.8) is 0 Å². The molecule has 0 bridgehead atoms. The number of hydrogen-bond donors (Lipinski definition) is 0. The Labute approximate surface area is 178 Å². The van der Waals surface area contributed by atoms with Gasteiger partial charge in [0.25, 0.3) is 0 Å². The Hall–Kier alpha value is -2.29. The molecular formula is C22H28N2O5S. The molecule has 0 aromatic heterocycles. The molecule has 1 saturated heterocycles. The summed E-state index contributed by atoms with van der Waals surface area (Å²) in [6.45, 7) is 9.55. The normalized spacial score (nSPS) is 17.3. The summed E-state index contributed by atoms with van der Waals surface area (Å²) in [4.78, 5) is 2.63. The third-order valence-electron chi connectivity index (χ3n) is 5.78. The van der Waals surface area contributed by atoms with E-state index >= 15 is 0 Å². The molecule has 2 aromatic carbocycles. The van der Waals surface area contributed by atoms with Crippen molar-refractivity contribution in [1.82, 2.24) is 9.21 Å². The average Bonchev–Trinajstić information content (AvgIpc) is 3.20. The van der Waals surface area contributed by atoms with Crippen molar-refractivity contribution in [2.24, 2.45) is 0 Å². The monoisotopic (exact) mass is 432 g/mol. The number of sulfonamides is 1. The maximum Gasteiger partial charge on any atom is 0.243 e. The minimum absolute atomic E-state index is 0.264. The topological polar surface area (TPSA) is 68.3 Å². The van der Waals surface area contributed by atoms with Crippen LogP contribution < -0.4 is 14.2 Å². The van der Waals surface area contributed by atoms with Crippen LogP contribution in [0.25, 0.3) is 0 Å². The number of piperazine rings is 1. The van der Waals surface area contributed by atoms with Crippen LogP contribution in [0.4, 0.5) is 0 Å².